The fourth-order valence-electron chi connectivity index (χ4n) is 1.69. The van der Waals surface area contributed by atoms with Crippen molar-refractivity contribution in [2.75, 3.05) is 6.61 Å². The van der Waals surface area contributed by atoms with Gasteiger partial charge < -0.3 is 4.74 Å². The summed E-state index contributed by atoms with van der Waals surface area (Å²) in [5.74, 6) is 0. The molecule has 2 aromatic rings. The van der Waals surface area contributed by atoms with Crippen molar-refractivity contribution in [3.8, 4) is 11.1 Å². The third-order valence-corrected chi connectivity index (χ3v) is 2.51. The van der Waals surface area contributed by atoms with Gasteiger partial charge in [-0.15, -0.1) is 0 Å². The fourth-order valence-corrected chi connectivity index (χ4v) is 1.69. The van der Waals surface area contributed by atoms with Gasteiger partial charge in [0.1, 0.15) is 0 Å². The van der Waals surface area contributed by atoms with Gasteiger partial charge in [-0.1, -0.05) is 48.5 Å². The van der Waals surface area contributed by atoms with E-state index in [1.807, 2.05) is 13.0 Å². The van der Waals surface area contributed by atoms with E-state index in [9.17, 15) is 0 Å². The van der Waals surface area contributed by atoms with Crippen molar-refractivity contribution in [3.63, 3.8) is 0 Å². The molecule has 0 fully saturated rings. The van der Waals surface area contributed by atoms with E-state index in [2.05, 4.69) is 48.5 Å². The Hall–Kier alpha value is -1.60. The Balaban J connectivity index is 2.22. The predicted octanol–water partition coefficient (Wildman–Crippen LogP) is 3.89. The van der Waals surface area contributed by atoms with E-state index >= 15 is 0 Å². The summed E-state index contributed by atoms with van der Waals surface area (Å²) in [5, 5.41) is 0. The average Bonchev–Trinajstić information content (AvgIpc) is 2.38. The maximum absolute atomic E-state index is 5.41. The Labute approximate surface area is 96.7 Å². The van der Waals surface area contributed by atoms with Crippen molar-refractivity contribution >= 4 is 0 Å². The van der Waals surface area contributed by atoms with Gasteiger partial charge in [0, 0.05) is 6.61 Å². The quantitative estimate of drug-likeness (QED) is 0.747. The second kappa shape index (κ2) is 5.47. The molecule has 0 aliphatic carbocycles. The molecule has 1 heteroatoms. The van der Waals surface area contributed by atoms with Crippen molar-refractivity contribution in [2.24, 2.45) is 0 Å². The van der Waals surface area contributed by atoms with Crippen LogP contribution in [-0.2, 0) is 11.3 Å². The van der Waals surface area contributed by atoms with E-state index in [0.717, 1.165) is 6.61 Å². The molecule has 0 bridgehead atoms. The third kappa shape index (κ3) is 2.71. The first-order valence-corrected chi connectivity index (χ1v) is 5.62. The molecule has 0 N–H and O–H groups in total. The minimum Gasteiger partial charge on any atom is -0.377 e. The minimum absolute atomic E-state index is 0.692. The smallest absolute Gasteiger partial charge is 0.0716 e. The topological polar surface area (TPSA) is 9.23 Å². The molecule has 0 spiro atoms. The molecule has 0 radical (unpaired) electrons. The predicted molar refractivity (Wildman–Crippen MR) is 67.2 cm³/mol. The first-order valence-electron chi connectivity index (χ1n) is 5.62. The molecule has 0 aliphatic rings. The van der Waals surface area contributed by atoms with E-state index in [4.69, 9.17) is 4.74 Å². The Morgan fingerprint density at radius 1 is 0.875 bits per heavy atom. The van der Waals surface area contributed by atoms with Crippen LogP contribution in [0.4, 0.5) is 0 Å². The first kappa shape index (κ1) is 10.9. The highest BCUT2D eigenvalue weighted by atomic mass is 16.5. The van der Waals surface area contributed by atoms with Crippen LogP contribution in [-0.4, -0.2) is 6.61 Å². The largest absolute Gasteiger partial charge is 0.377 e. The molecule has 0 heterocycles. The summed E-state index contributed by atoms with van der Waals surface area (Å²) in [4.78, 5) is 0. The van der Waals surface area contributed by atoms with Crippen molar-refractivity contribution in [1.29, 1.82) is 0 Å². The molecular weight excluding hydrogens is 196 g/mol. The van der Waals surface area contributed by atoms with Crippen molar-refractivity contribution in [2.45, 2.75) is 13.5 Å². The molecule has 2 rings (SSSR count). The summed E-state index contributed by atoms with van der Waals surface area (Å²) >= 11 is 0. The van der Waals surface area contributed by atoms with Gasteiger partial charge >= 0.3 is 0 Å². The van der Waals surface area contributed by atoms with Gasteiger partial charge in [-0.25, -0.2) is 0 Å². The second-order valence-electron chi connectivity index (χ2n) is 3.70. The highest BCUT2D eigenvalue weighted by Crippen LogP contribution is 2.20. The maximum atomic E-state index is 5.41. The molecule has 0 aliphatic heterocycles. The summed E-state index contributed by atoms with van der Waals surface area (Å²) in [5.41, 5.74) is 3.72. The summed E-state index contributed by atoms with van der Waals surface area (Å²) in [6.45, 7) is 3.47. The van der Waals surface area contributed by atoms with Gasteiger partial charge in [0.2, 0.25) is 0 Å². The van der Waals surface area contributed by atoms with Crippen LogP contribution in [0.5, 0.6) is 0 Å². The summed E-state index contributed by atoms with van der Waals surface area (Å²) < 4.78 is 5.41. The summed E-state index contributed by atoms with van der Waals surface area (Å²) in [6, 6.07) is 18.9. The van der Waals surface area contributed by atoms with Gasteiger partial charge in [-0.3, -0.25) is 0 Å². The second-order valence-corrected chi connectivity index (χ2v) is 3.70. The molecule has 0 amide bonds. The maximum Gasteiger partial charge on any atom is 0.0716 e. The fraction of sp³-hybridized carbons (Fsp3) is 0.200. The Morgan fingerprint density at radius 3 is 2.38 bits per heavy atom. The van der Waals surface area contributed by atoms with Gasteiger partial charge in [-0.05, 0) is 29.7 Å². The van der Waals surface area contributed by atoms with Crippen molar-refractivity contribution < 1.29 is 4.74 Å². The number of ether oxygens (including phenoxy) is 1. The van der Waals surface area contributed by atoms with E-state index in [1.54, 1.807) is 0 Å². The normalized spacial score (nSPS) is 10.3. The number of hydrogen-bond acceptors (Lipinski definition) is 1. The Kier molecular flexibility index (Phi) is 3.73. The summed E-state index contributed by atoms with van der Waals surface area (Å²) in [7, 11) is 0. The van der Waals surface area contributed by atoms with Crippen LogP contribution in [0, 0.1) is 0 Å². The van der Waals surface area contributed by atoms with Crippen LogP contribution in [0.25, 0.3) is 11.1 Å². The van der Waals surface area contributed by atoms with E-state index in [0.29, 0.717) is 6.61 Å². The van der Waals surface area contributed by atoms with Crippen LogP contribution in [0.1, 0.15) is 12.5 Å². The lowest BCUT2D eigenvalue weighted by Crippen LogP contribution is -1.91. The average molecular weight is 212 g/mol. The lowest BCUT2D eigenvalue weighted by molar-refractivity contribution is 0.134. The zero-order chi connectivity index (χ0) is 11.2. The lowest BCUT2D eigenvalue weighted by atomic mass is 10.0. The van der Waals surface area contributed by atoms with Crippen LogP contribution in [0.2, 0.25) is 0 Å². The van der Waals surface area contributed by atoms with E-state index < -0.39 is 0 Å². The Morgan fingerprint density at radius 2 is 1.62 bits per heavy atom. The molecule has 1 nitrogen and oxygen atoms in total. The van der Waals surface area contributed by atoms with Crippen LogP contribution < -0.4 is 0 Å². The first-order chi connectivity index (χ1) is 7.90. The zero-order valence-electron chi connectivity index (χ0n) is 9.52. The van der Waals surface area contributed by atoms with Crippen LogP contribution in [0.15, 0.2) is 54.6 Å². The highest BCUT2D eigenvalue weighted by molar-refractivity contribution is 5.63. The molecule has 0 aromatic heterocycles. The Bertz CT molecular complexity index is 434. The molecule has 16 heavy (non-hydrogen) atoms. The molecule has 0 saturated heterocycles. The zero-order valence-corrected chi connectivity index (χ0v) is 9.52. The van der Waals surface area contributed by atoms with Gasteiger partial charge in [-0.2, -0.15) is 0 Å². The van der Waals surface area contributed by atoms with Crippen molar-refractivity contribution in [1.82, 2.24) is 0 Å². The molecule has 0 saturated carbocycles. The lowest BCUT2D eigenvalue weighted by Gasteiger charge is -2.05. The molecular formula is C15H16O. The van der Waals surface area contributed by atoms with Gasteiger partial charge in [0.05, 0.1) is 6.61 Å². The van der Waals surface area contributed by atoms with Gasteiger partial charge in [0.25, 0.3) is 0 Å². The number of rotatable bonds is 4. The third-order valence-electron chi connectivity index (χ3n) is 2.51. The SMILES string of the molecule is CCOCc1cccc(-c2ccccc2)c1. The van der Waals surface area contributed by atoms with E-state index in [1.165, 1.54) is 16.7 Å². The minimum atomic E-state index is 0.692. The monoisotopic (exact) mass is 212 g/mol. The number of benzene rings is 2. The molecule has 0 atom stereocenters. The molecule has 82 valence electrons. The number of hydrogen-bond donors (Lipinski definition) is 0. The van der Waals surface area contributed by atoms with Gasteiger partial charge in [0.15, 0.2) is 0 Å². The van der Waals surface area contributed by atoms with Crippen LogP contribution in [0.3, 0.4) is 0 Å². The van der Waals surface area contributed by atoms with Crippen LogP contribution >= 0.6 is 0 Å². The van der Waals surface area contributed by atoms with Crippen molar-refractivity contribution in [3.05, 3.63) is 60.2 Å². The molecule has 2 aromatic carbocycles. The standard InChI is InChI=1S/C15H16O/c1-2-16-12-13-7-6-10-15(11-13)14-8-4-3-5-9-14/h3-11H,2,12H2,1H3. The van der Waals surface area contributed by atoms with E-state index in [-0.39, 0.29) is 0 Å². The summed E-state index contributed by atoms with van der Waals surface area (Å²) in [6.07, 6.45) is 0. The molecule has 0 unspecified atom stereocenters. The highest BCUT2D eigenvalue weighted by Gasteiger charge is 1.98.